The Morgan fingerprint density at radius 2 is 1.77 bits per heavy atom. The van der Waals surface area contributed by atoms with E-state index in [-0.39, 0.29) is 52.6 Å². The van der Waals surface area contributed by atoms with Crippen LogP contribution in [0, 0.1) is 21.4 Å². The zero-order valence-corrected chi connectivity index (χ0v) is 21.8. The number of hydrogen-bond donors (Lipinski definition) is 5. The van der Waals surface area contributed by atoms with E-state index in [0.717, 1.165) is 6.08 Å². The molecule has 13 nitrogen and oxygen atoms in total. The van der Waals surface area contributed by atoms with E-state index in [4.69, 9.17) is 11.1 Å². The highest BCUT2D eigenvalue weighted by Crippen LogP contribution is 2.21. The first-order chi connectivity index (χ1) is 19.0. The van der Waals surface area contributed by atoms with Crippen molar-refractivity contribution in [1.29, 1.82) is 5.41 Å². The maximum absolute atomic E-state index is 12.8. The van der Waals surface area contributed by atoms with Crippen LogP contribution in [0.1, 0.15) is 35.7 Å². The summed E-state index contributed by atoms with van der Waals surface area (Å²) >= 11 is 0. The molecule has 40 heavy (non-hydrogen) atoms. The average molecular weight is 551 g/mol. The summed E-state index contributed by atoms with van der Waals surface area (Å²) in [7, 11) is 0. The summed E-state index contributed by atoms with van der Waals surface area (Å²) in [5.41, 5.74) is 5.67. The number of phenolic OH excluding ortho intramolecular Hbond substituents is 1. The van der Waals surface area contributed by atoms with Gasteiger partial charge in [0.05, 0.1) is 16.3 Å². The van der Waals surface area contributed by atoms with Crippen LogP contribution in [0.5, 0.6) is 5.75 Å². The van der Waals surface area contributed by atoms with Crippen LogP contribution in [0.4, 0.5) is 5.69 Å². The Morgan fingerprint density at radius 1 is 1.15 bits per heavy atom. The molecule has 0 aliphatic carbocycles. The lowest BCUT2D eigenvalue weighted by Gasteiger charge is -2.32. The lowest BCUT2D eigenvalue weighted by atomic mass is 9.95. The number of nitro benzene ring substituents is 1. The molecule has 3 amide bonds. The third kappa shape index (κ3) is 7.49. The fraction of sp³-hybridized carbons (Fsp3) is 0.296. The second kappa shape index (κ2) is 13.1. The molecule has 0 aromatic heterocycles. The number of aromatic hydroxyl groups is 1. The number of non-ortho nitro benzene ring substituents is 1. The fourth-order valence-electron chi connectivity index (χ4n) is 4.14. The molecule has 3 rings (SSSR count). The standard InChI is InChI=1S/C27H30N6O7/c1-16(34)23(15-30-26(37)22(29)14-21(28)20-4-2-3-5-24(20)35)31-25(36)17-10-12-32(13-11-17)27(38)18-6-8-19(9-7-18)33(39)40/h2-9,14,17,23,28,35H,10-13,15,29H2,1H3,(H,30,37)(H,31,36)/b22-14-,28-21?. The highest BCUT2D eigenvalue weighted by atomic mass is 16.6. The molecule has 0 spiro atoms. The van der Waals surface area contributed by atoms with Crippen molar-refractivity contribution in [2.45, 2.75) is 25.8 Å². The van der Waals surface area contributed by atoms with E-state index < -0.39 is 22.8 Å². The van der Waals surface area contributed by atoms with Crippen molar-refractivity contribution in [2.24, 2.45) is 11.7 Å². The topological polar surface area (TPSA) is 209 Å². The quantitative estimate of drug-likeness (QED) is 0.125. The lowest BCUT2D eigenvalue weighted by Crippen LogP contribution is -2.51. The Bertz CT molecular complexity index is 1350. The molecular weight excluding hydrogens is 520 g/mol. The molecule has 1 atom stereocenters. The number of para-hydroxylation sites is 1. The number of Topliss-reactive ketones (excluding diaryl/α,β-unsaturated/α-hetero) is 1. The largest absolute Gasteiger partial charge is 0.507 e. The zero-order valence-electron chi connectivity index (χ0n) is 21.8. The van der Waals surface area contributed by atoms with Crippen molar-refractivity contribution >= 4 is 34.9 Å². The molecule has 0 radical (unpaired) electrons. The van der Waals surface area contributed by atoms with E-state index in [1.54, 1.807) is 17.0 Å². The van der Waals surface area contributed by atoms with Crippen LogP contribution < -0.4 is 16.4 Å². The second-order valence-electron chi connectivity index (χ2n) is 9.28. The van der Waals surface area contributed by atoms with Gasteiger partial charge in [0.15, 0.2) is 5.78 Å². The van der Waals surface area contributed by atoms with E-state index in [1.165, 1.54) is 43.3 Å². The molecule has 13 heteroatoms. The van der Waals surface area contributed by atoms with Crippen molar-refractivity contribution in [2.75, 3.05) is 19.6 Å². The second-order valence-corrected chi connectivity index (χ2v) is 9.28. The van der Waals surface area contributed by atoms with Gasteiger partial charge < -0.3 is 31.8 Å². The van der Waals surface area contributed by atoms with Crippen LogP contribution in [0.3, 0.4) is 0 Å². The summed E-state index contributed by atoms with van der Waals surface area (Å²) in [5, 5.41) is 33.8. The molecule has 0 bridgehead atoms. The van der Waals surface area contributed by atoms with Gasteiger partial charge in [-0.15, -0.1) is 0 Å². The Balaban J connectivity index is 1.51. The maximum Gasteiger partial charge on any atom is 0.269 e. The summed E-state index contributed by atoms with van der Waals surface area (Å²) in [6.45, 7) is 1.63. The number of nitrogens with zero attached hydrogens (tertiary/aromatic N) is 2. The first-order valence-electron chi connectivity index (χ1n) is 12.4. The fourth-order valence-corrected chi connectivity index (χ4v) is 4.14. The molecule has 1 unspecified atom stereocenters. The number of nitrogens with two attached hydrogens (primary N) is 1. The number of rotatable bonds is 10. The Labute approximate surface area is 229 Å². The third-order valence-corrected chi connectivity index (χ3v) is 6.51. The van der Waals surface area contributed by atoms with Gasteiger partial charge in [-0.2, -0.15) is 0 Å². The van der Waals surface area contributed by atoms with Crippen LogP contribution in [0.25, 0.3) is 0 Å². The number of phenols is 1. The number of carbonyl (C=O) groups is 4. The van der Waals surface area contributed by atoms with Crippen LogP contribution in [-0.4, -0.2) is 69.8 Å². The maximum atomic E-state index is 12.8. The summed E-state index contributed by atoms with van der Waals surface area (Å²) < 4.78 is 0. The molecule has 1 fully saturated rings. The minimum Gasteiger partial charge on any atom is -0.507 e. The van der Waals surface area contributed by atoms with Crippen molar-refractivity contribution in [3.05, 3.63) is 81.5 Å². The Hall–Kier alpha value is -5.07. The van der Waals surface area contributed by atoms with Gasteiger partial charge >= 0.3 is 0 Å². The normalized spacial score (nSPS) is 14.6. The van der Waals surface area contributed by atoms with Crippen molar-refractivity contribution in [1.82, 2.24) is 15.5 Å². The number of amides is 3. The number of hydrogen-bond acceptors (Lipinski definition) is 9. The van der Waals surface area contributed by atoms with E-state index in [2.05, 4.69) is 10.6 Å². The number of likely N-dealkylation sites (tertiary alicyclic amines) is 1. The van der Waals surface area contributed by atoms with Gasteiger partial charge in [0, 0.05) is 48.8 Å². The molecule has 1 heterocycles. The predicted octanol–water partition coefficient (Wildman–Crippen LogP) is 1.25. The number of nitrogens with one attached hydrogen (secondary N) is 3. The zero-order chi connectivity index (χ0) is 29.4. The lowest BCUT2D eigenvalue weighted by molar-refractivity contribution is -0.384. The number of piperidine rings is 1. The highest BCUT2D eigenvalue weighted by molar-refractivity contribution is 6.12. The first kappa shape index (κ1) is 29.5. The predicted molar refractivity (Wildman–Crippen MR) is 145 cm³/mol. The van der Waals surface area contributed by atoms with Crippen molar-refractivity contribution < 1.29 is 29.2 Å². The SMILES string of the molecule is CC(=O)C(CNC(=O)/C(N)=C/C(=N)c1ccccc1O)NC(=O)C1CCN(C(=O)c2ccc([N+](=O)[O-])cc2)CC1. The van der Waals surface area contributed by atoms with Gasteiger partial charge in [-0.1, -0.05) is 12.1 Å². The Kier molecular flexibility index (Phi) is 9.68. The van der Waals surface area contributed by atoms with Gasteiger partial charge in [0.1, 0.15) is 11.8 Å². The molecule has 1 saturated heterocycles. The van der Waals surface area contributed by atoms with Crippen LogP contribution in [-0.2, 0) is 14.4 Å². The van der Waals surface area contributed by atoms with Crippen molar-refractivity contribution in [3.63, 3.8) is 0 Å². The monoisotopic (exact) mass is 550 g/mol. The molecule has 0 saturated carbocycles. The molecule has 2 aromatic carbocycles. The Morgan fingerprint density at radius 3 is 2.35 bits per heavy atom. The molecule has 210 valence electrons. The number of ketones is 1. The van der Waals surface area contributed by atoms with Crippen LogP contribution in [0.15, 0.2) is 60.3 Å². The molecule has 2 aromatic rings. The molecule has 1 aliphatic heterocycles. The van der Waals surface area contributed by atoms with Crippen LogP contribution >= 0.6 is 0 Å². The average Bonchev–Trinajstić information content (AvgIpc) is 2.94. The van der Waals surface area contributed by atoms with Gasteiger partial charge in [-0.3, -0.25) is 29.3 Å². The summed E-state index contributed by atoms with van der Waals surface area (Å²) in [4.78, 5) is 62.0. The van der Waals surface area contributed by atoms with E-state index in [9.17, 15) is 34.4 Å². The van der Waals surface area contributed by atoms with Gasteiger partial charge in [0.25, 0.3) is 17.5 Å². The minimum absolute atomic E-state index is 0.117. The third-order valence-electron chi connectivity index (χ3n) is 6.51. The van der Waals surface area contributed by atoms with E-state index >= 15 is 0 Å². The van der Waals surface area contributed by atoms with Crippen molar-refractivity contribution in [3.8, 4) is 5.75 Å². The minimum atomic E-state index is -1.01. The summed E-state index contributed by atoms with van der Waals surface area (Å²) in [6.07, 6.45) is 1.79. The highest BCUT2D eigenvalue weighted by Gasteiger charge is 2.30. The van der Waals surface area contributed by atoms with E-state index in [0.29, 0.717) is 31.5 Å². The van der Waals surface area contributed by atoms with Gasteiger partial charge in [0.2, 0.25) is 5.91 Å². The summed E-state index contributed by atoms with van der Waals surface area (Å²) in [6, 6.07) is 10.4. The number of nitro groups is 1. The first-order valence-corrected chi connectivity index (χ1v) is 12.4. The molecular formula is C27H30N6O7. The number of benzene rings is 2. The smallest absolute Gasteiger partial charge is 0.269 e. The molecule has 1 aliphatic rings. The van der Waals surface area contributed by atoms with Crippen LogP contribution in [0.2, 0.25) is 0 Å². The summed E-state index contributed by atoms with van der Waals surface area (Å²) in [5.74, 6) is -2.41. The number of carbonyl (C=O) groups excluding carboxylic acids is 4. The van der Waals surface area contributed by atoms with Gasteiger partial charge in [-0.05, 0) is 50.1 Å². The molecule has 6 N–H and O–H groups in total. The number of allylic oxidation sites excluding steroid dienone is 1. The van der Waals surface area contributed by atoms with E-state index in [1.807, 2.05) is 0 Å². The van der Waals surface area contributed by atoms with Gasteiger partial charge in [-0.25, -0.2) is 0 Å².